The molecule has 1 amide bonds. The van der Waals surface area contributed by atoms with Crippen LogP contribution in [0.3, 0.4) is 0 Å². The Morgan fingerprint density at radius 2 is 1.96 bits per heavy atom. The number of benzene rings is 1. The number of nitrogens with zero attached hydrogens (tertiary/aromatic N) is 2. The summed E-state index contributed by atoms with van der Waals surface area (Å²) in [5.74, 6) is 0.798. The Morgan fingerprint density at radius 1 is 1.23 bits per heavy atom. The number of thiazole rings is 1. The highest BCUT2D eigenvalue weighted by atomic mass is 32.1. The molecule has 0 atom stereocenters. The summed E-state index contributed by atoms with van der Waals surface area (Å²) < 4.78 is 5.47. The van der Waals surface area contributed by atoms with Crippen molar-refractivity contribution >= 4 is 17.2 Å². The van der Waals surface area contributed by atoms with Gasteiger partial charge in [0.15, 0.2) is 0 Å². The van der Waals surface area contributed by atoms with Crippen LogP contribution in [-0.2, 0) is 0 Å². The quantitative estimate of drug-likeness (QED) is 0.843. The molecule has 1 saturated heterocycles. The predicted octanol–water partition coefficient (Wildman–Crippen LogP) is 3.57. The van der Waals surface area contributed by atoms with Crippen molar-refractivity contribution in [2.45, 2.75) is 44.7 Å². The van der Waals surface area contributed by atoms with E-state index in [1.165, 1.54) is 24.2 Å². The third kappa shape index (κ3) is 4.07. The number of amides is 1. The lowest BCUT2D eigenvalue weighted by Gasteiger charge is -2.32. The van der Waals surface area contributed by atoms with E-state index in [1.807, 2.05) is 36.6 Å². The number of piperidine rings is 1. The zero-order chi connectivity index (χ0) is 17.9. The van der Waals surface area contributed by atoms with Gasteiger partial charge >= 0.3 is 0 Å². The molecule has 2 heterocycles. The first-order chi connectivity index (χ1) is 12.7. The fourth-order valence-electron chi connectivity index (χ4n) is 3.48. The second-order valence-electron chi connectivity index (χ2n) is 7.01. The third-order valence-corrected chi connectivity index (χ3v) is 5.97. The zero-order valence-corrected chi connectivity index (χ0v) is 15.9. The lowest BCUT2D eigenvalue weighted by molar-refractivity contribution is 0.0905. The van der Waals surface area contributed by atoms with Crippen LogP contribution in [0.1, 0.15) is 43.1 Å². The molecule has 0 unspecified atom stereocenters. The normalized spacial score (nSPS) is 18.7. The minimum atomic E-state index is -0.0525. The summed E-state index contributed by atoms with van der Waals surface area (Å²) in [6.45, 7) is 4.82. The minimum Gasteiger partial charge on any atom is -0.494 e. The number of ether oxygens (including phenoxy) is 1. The summed E-state index contributed by atoms with van der Waals surface area (Å²) in [5, 5.41) is 5.87. The van der Waals surface area contributed by atoms with E-state index in [0.717, 1.165) is 48.3 Å². The van der Waals surface area contributed by atoms with Gasteiger partial charge in [-0.1, -0.05) is 0 Å². The van der Waals surface area contributed by atoms with Gasteiger partial charge in [0.05, 0.1) is 6.61 Å². The van der Waals surface area contributed by atoms with Gasteiger partial charge in [0, 0.05) is 36.1 Å². The van der Waals surface area contributed by atoms with E-state index in [-0.39, 0.29) is 11.9 Å². The maximum Gasteiger partial charge on any atom is 0.270 e. The Bertz CT molecular complexity index is 747. The highest BCUT2D eigenvalue weighted by Gasteiger charge is 2.32. The SMILES string of the molecule is CCOc1ccc(-c2nc(C(=O)NC3CCN(C4CC4)CC3)cs2)cc1. The van der Waals surface area contributed by atoms with Crippen LogP contribution in [0.15, 0.2) is 29.6 Å². The first kappa shape index (κ1) is 17.5. The summed E-state index contributed by atoms with van der Waals surface area (Å²) in [5.41, 5.74) is 1.53. The van der Waals surface area contributed by atoms with Crippen LogP contribution in [-0.4, -0.2) is 47.6 Å². The Hall–Kier alpha value is -1.92. The number of carbonyl (C=O) groups is 1. The number of hydrogen-bond donors (Lipinski definition) is 1. The number of aromatic nitrogens is 1. The Kier molecular flexibility index (Phi) is 5.22. The van der Waals surface area contributed by atoms with Gasteiger partial charge in [-0.3, -0.25) is 4.79 Å². The van der Waals surface area contributed by atoms with E-state index < -0.39 is 0 Å². The van der Waals surface area contributed by atoms with Crippen LogP contribution in [0.2, 0.25) is 0 Å². The van der Waals surface area contributed by atoms with E-state index in [0.29, 0.717) is 12.3 Å². The van der Waals surface area contributed by atoms with Gasteiger partial charge in [-0.2, -0.15) is 0 Å². The van der Waals surface area contributed by atoms with Gasteiger partial charge in [-0.25, -0.2) is 4.98 Å². The topological polar surface area (TPSA) is 54.5 Å². The molecular formula is C20H25N3O2S. The molecule has 6 heteroatoms. The molecule has 5 nitrogen and oxygen atoms in total. The monoisotopic (exact) mass is 371 g/mol. The molecule has 26 heavy (non-hydrogen) atoms. The van der Waals surface area contributed by atoms with Crippen molar-refractivity contribution in [3.05, 3.63) is 35.3 Å². The average Bonchev–Trinajstić information content (AvgIpc) is 3.39. The lowest BCUT2D eigenvalue weighted by atomic mass is 10.0. The van der Waals surface area contributed by atoms with Gasteiger partial charge in [0.25, 0.3) is 5.91 Å². The molecule has 1 N–H and O–H groups in total. The van der Waals surface area contributed by atoms with Gasteiger partial charge < -0.3 is 15.0 Å². The number of nitrogens with one attached hydrogen (secondary N) is 1. The average molecular weight is 372 g/mol. The molecule has 1 aliphatic heterocycles. The van der Waals surface area contributed by atoms with Crippen molar-refractivity contribution in [2.75, 3.05) is 19.7 Å². The van der Waals surface area contributed by atoms with Gasteiger partial charge in [0.1, 0.15) is 16.5 Å². The maximum atomic E-state index is 12.5. The molecule has 1 aromatic carbocycles. The number of carbonyl (C=O) groups excluding carboxylic acids is 1. The zero-order valence-electron chi connectivity index (χ0n) is 15.1. The minimum absolute atomic E-state index is 0.0525. The molecule has 2 aliphatic rings. The summed E-state index contributed by atoms with van der Waals surface area (Å²) >= 11 is 1.50. The summed E-state index contributed by atoms with van der Waals surface area (Å²) in [6, 6.07) is 8.94. The summed E-state index contributed by atoms with van der Waals surface area (Å²) in [4.78, 5) is 19.6. The molecule has 2 fully saturated rings. The fraction of sp³-hybridized carbons (Fsp3) is 0.500. The molecule has 4 rings (SSSR count). The van der Waals surface area contributed by atoms with Crippen LogP contribution < -0.4 is 10.1 Å². The standard InChI is InChI=1S/C20H25N3O2S/c1-2-25-17-7-3-14(4-8-17)20-22-18(13-26-20)19(24)21-15-9-11-23(12-10-15)16-5-6-16/h3-4,7-8,13,15-16H,2,5-6,9-12H2,1H3,(H,21,24). The Balaban J connectivity index is 1.34. The predicted molar refractivity (Wildman–Crippen MR) is 104 cm³/mol. The van der Waals surface area contributed by atoms with Crippen molar-refractivity contribution in [3.8, 4) is 16.3 Å². The highest BCUT2D eigenvalue weighted by molar-refractivity contribution is 7.13. The molecule has 0 spiro atoms. The molecule has 1 aliphatic carbocycles. The Labute approximate surface area is 158 Å². The van der Waals surface area contributed by atoms with E-state index in [4.69, 9.17) is 4.74 Å². The smallest absolute Gasteiger partial charge is 0.270 e. The van der Waals surface area contributed by atoms with Gasteiger partial charge in [-0.05, 0) is 56.9 Å². The van der Waals surface area contributed by atoms with Crippen LogP contribution in [0.25, 0.3) is 10.6 Å². The second kappa shape index (κ2) is 7.76. The largest absolute Gasteiger partial charge is 0.494 e. The molecule has 0 bridgehead atoms. The Morgan fingerprint density at radius 3 is 2.62 bits per heavy atom. The molecule has 0 radical (unpaired) electrons. The first-order valence-corrected chi connectivity index (χ1v) is 10.3. The second-order valence-corrected chi connectivity index (χ2v) is 7.87. The van der Waals surface area contributed by atoms with Crippen molar-refractivity contribution in [3.63, 3.8) is 0 Å². The molecule has 1 aromatic heterocycles. The molecule has 2 aromatic rings. The van der Waals surface area contributed by atoms with Crippen LogP contribution >= 0.6 is 11.3 Å². The van der Waals surface area contributed by atoms with Gasteiger partial charge in [-0.15, -0.1) is 11.3 Å². The maximum absolute atomic E-state index is 12.5. The van der Waals surface area contributed by atoms with Gasteiger partial charge in [0.2, 0.25) is 0 Å². The lowest BCUT2D eigenvalue weighted by Crippen LogP contribution is -2.45. The summed E-state index contributed by atoms with van der Waals surface area (Å²) in [6.07, 6.45) is 4.78. The van der Waals surface area contributed by atoms with E-state index in [1.54, 1.807) is 0 Å². The van der Waals surface area contributed by atoms with Crippen molar-refractivity contribution in [1.29, 1.82) is 0 Å². The summed E-state index contributed by atoms with van der Waals surface area (Å²) in [7, 11) is 0. The van der Waals surface area contributed by atoms with E-state index >= 15 is 0 Å². The van der Waals surface area contributed by atoms with Crippen LogP contribution in [0, 0.1) is 0 Å². The number of hydrogen-bond acceptors (Lipinski definition) is 5. The first-order valence-electron chi connectivity index (χ1n) is 9.46. The number of rotatable bonds is 6. The molecule has 138 valence electrons. The van der Waals surface area contributed by atoms with E-state index in [2.05, 4.69) is 15.2 Å². The van der Waals surface area contributed by atoms with Crippen LogP contribution in [0.4, 0.5) is 0 Å². The number of likely N-dealkylation sites (tertiary alicyclic amines) is 1. The van der Waals surface area contributed by atoms with Crippen molar-refractivity contribution in [1.82, 2.24) is 15.2 Å². The molecular weight excluding hydrogens is 346 g/mol. The van der Waals surface area contributed by atoms with Crippen LogP contribution in [0.5, 0.6) is 5.75 Å². The fourth-order valence-corrected chi connectivity index (χ4v) is 4.29. The highest BCUT2D eigenvalue weighted by Crippen LogP contribution is 2.29. The molecule has 1 saturated carbocycles. The van der Waals surface area contributed by atoms with Crippen molar-refractivity contribution in [2.24, 2.45) is 0 Å². The van der Waals surface area contributed by atoms with E-state index in [9.17, 15) is 4.79 Å². The van der Waals surface area contributed by atoms with Crippen molar-refractivity contribution < 1.29 is 9.53 Å². The third-order valence-electron chi connectivity index (χ3n) is 5.08.